The number of hydrogen-bond acceptors (Lipinski definition) is 5. The van der Waals surface area contributed by atoms with Crippen molar-refractivity contribution in [3.05, 3.63) is 47.5 Å². The van der Waals surface area contributed by atoms with E-state index in [4.69, 9.17) is 11.6 Å². The van der Waals surface area contributed by atoms with Gasteiger partial charge in [-0.05, 0) is 38.0 Å². The Labute approximate surface area is 163 Å². The molecule has 1 fully saturated rings. The Bertz CT molecular complexity index is 888. The summed E-state index contributed by atoms with van der Waals surface area (Å²) in [6, 6.07) is 6.35. The number of benzene rings is 1. The average molecular weight is 412 g/mol. The number of piperidine rings is 1. The molecule has 0 unspecified atom stereocenters. The minimum absolute atomic E-state index is 0.163. The molecule has 0 radical (unpaired) electrons. The number of nitrogens with one attached hydrogen (secondary N) is 1. The highest BCUT2D eigenvalue weighted by Crippen LogP contribution is 2.20. The molecule has 2 heterocycles. The van der Waals surface area contributed by atoms with Gasteiger partial charge in [0.2, 0.25) is 10.0 Å². The first-order chi connectivity index (χ1) is 12.8. The number of sulfonamides is 1. The summed E-state index contributed by atoms with van der Waals surface area (Å²) < 4.78 is 29.8. The summed E-state index contributed by atoms with van der Waals surface area (Å²) >= 11 is 5.96. The fourth-order valence-electron chi connectivity index (χ4n) is 3.20. The molecule has 0 aliphatic carbocycles. The lowest BCUT2D eigenvalue weighted by Gasteiger charge is -2.33. The molecule has 1 amide bonds. The quantitative estimate of drug-likeness (QED) is 0.777. The van der Waals surface area contributed by atoms with Crippen LogP contribution in [0.3, 0.4) is 0 Å². The van der Waals surface area contributed by atoms with Gasteiger partial charge in [0.15, 0.2) is 0 Å². The van der Waals surface area contributed by atoms with Gasteiger partial charge < -0.3 is 4.90 Å². The minimum Gasteiger partial charge on any atom is -0.337 e. The highest BCUT2D eigenvalue weighted by Gasteiger charge is 2.33. The lowest BCUT2D eigenvalue weighted by atomic mass is 10.1. The molecule has 1 N–H and O–H groups in total. The van der Waals surface area contributed by atoms with Crippen molar-refractivity contribution in [3.63, 3.8) is 0 Å². The number of amides is 1. The zero-order chi connectivity index (χ0) is 19.4. The maximum atomic E-state index is 12.8. The first kappa shape index (κ1) is 19.8. The highest BCUT2D eigenvalue weighted by molar-refractivity contribution is 7.90. The summed E-state index contributed by atoms with van der Waals surface area (Å²) in [7, 11) is -3.57. The summed E-state index contributed by atoms with van der Waals surface area (Å²) in [4.78, 5) is 18.1. The Balaban J connectivity index is 1.64. The van der Waals surface area contributed by atoms with Gasteiger partial charge in [-0.15, -0.1) is 0 Å². The van der Waals surface area contributed by atoms with Gasteiger partial charge in [0.05, 0.1) is 11.8 Å². The lowest BCUT2D eigenvalue weighted by Crippen LogP contribution is -2.50. The Hall–Kier alpha value is -1.97. The Kier molecular flexibility index (Phi) is 6.13. The van der Waals surface area contributed by atoms with Crippen molar-refractivity contribution < 1.29 is 13.2 Å². The molecule has 1 aliphatic heterocycles. The molecule has 2 atom stereocenters. The number of nitrogens with zero attached hydrogens (tertiary/aromatic N) is 4. The van der Waals surface area contributed by atoms with Crippen LogP contribution < -0.4 is 4.72 Å². The molecule has 1 aromatic heterocycles. The van der Waals surface area contributed by atoms with E-state index in [1.807, 2.05) is 0 Å². The predicted octanol–water partition coefficient (Wildman–Crippen LogP) is 1.54. The molecule has 0 bridgehead atoms. The second-order valence-corrected chi connectivity index (χ2v) is 9.14. The van der Waals surface area contributed by atoms with Crippen LogP contribution >= 0.6 is 11.6 Å². The van der Waals surface area contributed by atoms with Crippen molar-refractivity contribution >= 4 is 27.5 Å². The molecule has 0 spiro atoms. The lowest BCUT2D eigenvalue weighted by molar-refractivity contribution is 0.0726. The number of hydrogen-bond donors (Lipinski definition) is 1. The molecule has 27 heavy (non-hydrogen) atoms. The van der Waals surface area contributed by atoms with Gasteiger partial charge in [-0.2, -0.15) is 5.10 Å². The second-order valence-electron chi connectivity index (χ2n) is 6.71. The predicted molar refractivity (Wildman–Crippen MR) is 102 cm³/mol. The molecule has 1 aromatic carbocycles. The van der Waals surface area contributed by atoms with Gasteiger partial charge in [-0.3, -0.25) is 9.48 Å². The highest BCUT2D eigenvalue weighted by atomic mass is 35.5. The summed E-state index contributed by atoms with van der Waals surface area (Å²) in [5, 5.41) is 3.81. The number of aromatic nitrogens is 3. The third-order valence-electron chi connectivity index (χ3n) is 4.47. The smallest absolute Gasteiger partial charge is 0.253 e. The molecule has 10 heteroatoms. The van der Waals surface area contributed by atoms with Gasteiger partial charge in [0.25, 0.3) is 5.91 Å². The van der Waals surface area contributed by atoms with Crippen LogP contribution in [-0.4, -0.2) is 58.4 Å². The second kappa shape index (κ2) is 8.37. The van der Waals surface area contributed by atoms with Crippen LogP contribution in [0.4, 0.5) is 0 Å². The Morgan fingerprint density at radius 2 is 2.26 bits per heavy atom. The van der Waals surface area contributed by atoms with Crippen molar-refractivity contribution in [1.82, 2.24) is 24.4 Å². The number of carbonyl (C=O) groups is 1. The molecule has 3 rings (SSSR count). The van der Waals surface area contributed by atoms with Crippen LogP contribution in [0.1, 0.15) is 30.1 Å². The third kappa shape index (κ3) is 5.06. The summed E-state index contributed by atoms with van der Waals surface area (Å²) in [5.74, 6) is -0.201. The van der Waals surface area contributed by atoms with E-state index >= 15 is 0 Å². The van der Waals surface area contributed by atoms with Crippen molar-refractivity contribution in [2.24, 2.45) is 0 Å². The van der Waals surface area contributed by atoms with Crippen LogP contribution in [0.2, 0.25) is 5.02 Å². The maximum Gasteiger partial charge on any atom is 0.253 e. The SMILES string of the molecule is C[C@@H](Cn1cncn1)NS(=O)(=O)[C@@H]1CCCN(C(=O)c2cccc(Cl)c2)C1. The van der Waals surface area contributed by atoms with Crippen LogP contribution in [0.5, 0.6) is 0 Å². The minimum atomic E-state index is -3.57. The van der Waals surface area contributed by atoms with Gasteiger partial charge in [-0.25, -0.2) is 18.1 Å². The Morgan fingerprint density at radius 3 is 2.96 bits per heavy atom. The van der Waals surface area contributed by atoms with Crippen LogP contribution in [-0.2, 0) is 16.6 Å². The van der Waals surface area contributed by atoms with E-state index in [1.54, 1.807) is 40.8 Å². The van der Waals surface area contributed by atoms with Gasteiger partial charge in [0, 0.05) is 29.7 Å². The molecule has 1 saturated heterocycles. The van der Waals surface area contributed by atoms with E-state index in [0.29, 0.717) is 36.5 Å². The van der Waals surface area contributed by atoms with Crippen molar-refractivity contribution in [2.45, 2.75) is 37.6 Å². The van der Waals surface area contributed by atoms with E-state index in [9.17, 15) is 13.2 Å². The first-order valence-electron chi connectivity index (χ1n) is 8.73. The largest absolute Gasteiger partial charge is 0.337 e. The molecule has 8 nitrogen and oxygen atoms in total. The molecule has 146 valence electrons. The topological polar surface area (TPSA) is 97.2 Å². The normalized spacial score (nSPS) is 19.0. The van der Waals surface area contributed by atoms with E-state index in [2.05, 4.69) is 14.8 Å². The standard InChI is InChI=1S/C17H22ClN5O3S/c1-13(9-23-12-19-11-20-23)21-27(25,26)16-6-3-7-22(10-16)17(24)14-4-2-5-15(18)8-14/h2,4-5,8,11-13,16,21H,3,6-7,9-10H2,1H3/t13-,16+/m0/s1. The van der Waals surface area contributed by atoms with Crippen molar-refractivity contribution in [1.29, 1.82) is 0 Å². The number of halogens is 1. The fraction of sp³-hybridized carbons (Fsp3) is 0.471. The summed E-state index contributed by atoms with van der Waals surface area (Å²) in [5.41, 5.74) is 0.466. The number of rotatable bonds is 6. The van der Waals surface area contributed by atoms with Gasteiger partial charge >= 0.3 is 0 Å². The summed E-state index contributed by atoms with van der Waals surface area (Å²) in [6.07, 6.45) is 4.10. The van der Waals surface area contributed by atoms with Crippen molar-refractivity contribution in [3.8, 4) is 0 Å². The van der Waals surface area contributed by atoms with Gasteiger partial charge in [0.1, 0.15) is 12.7 Å². The Morgan fingerprint density at radius 1 is 1.44 bits per heavy atom. The van der Waals surface area contributed by atoms with Crippen molar-refractivity contribution in [2.75, 3.05) is 13.1 Å². The van der Waals surface area contributed by atoms with E-state index < -0.39 is 15.3 Å². The molecule has 1 aliphatic rings. The zero-order valence-corrected chi connectivity index (χ0v) is 16.5. The van der Waals surface area contributed by atoms with Crippen LogP contribution in [0, 0.1) is 0 Å². The van der Waals surface area contributed by atoms with Crippen LogP contribution in [0.15, 0.2) is 36.9 Å². The number of carbonyl (C=O) groups excluding carboxylic acids is 1. The molecule has 2 aromatic rings. The van der Waals surface area contributed by atoms with Gasteiger partial charge in [-0.1, -0.05) is 17.7 Å². The third-order valence-corrected chi connectivity index (χ3v) is 6.70. The number of likely N-dealkylation sites (tertiary alicyclic amines) is 1. The fourth-order valence-corrected chi connectivity index (χ4v) is 5.07. The van der Waals surface area contributed by atoms with E-state index in [1.165, 1.54) is 12.7 Å². The van der Waals surface area contributed by atoms with E-state index in [0.717, 1.165) is 0 Å². The van der Waals surface area contributed by atoms with E-state index in [-0.39, 0.29) is 18.5 Å². The first-order valence-corrected chi connectivity index (χ1v) is 10.7. The molecular weight excluding hydrogens is 390 g/mol. The average Bonchev–Trinajstić information content (AvgIpc) is 3.13. The summed E-state index contributed by atoms with van der Waals surface area (Å²) in [6.45, 7) is 2.86. The monoisotopic (exact) mass is 411 g/mol. The molecular formula is C17H22ClN5O3S. The zero-order valence-electron chi connectivity index (χ0n) is 15.0. The molecule has 0 saturated carbocycles. The maximum absolute atomic E-state index is 12.8. The van der Waals surface area contributed by atoms with Crippen LogP contribution in [0.25, 0.3) is 0 Å².